The number of aliphatic hydroxyl groups is 1. The number of nitrogens with zero attached hydrogens (tertiary/aromatic N) is 2. The molecule has 0 saturated carbocycles. The monoisotopic (exact) mass is 518 g/mol. The number of hydrogen-bond donors (Lipinski definition) is 1. The van der Waals surface area contributed by atoms with E-state index in [0.29, 0.717) is 43.2 Å². The predicted molar refractivity (Wildman–Crippen MR) is 143 cm³/mol. The Labute approximate surface area is 223 Å². The quantitative estimate of drug-likeness (QED) is 0.393. The first-order valence-electron chi connectivity index (χ1n) is 12.8. The smallest absolute Gasteiger partial charge is 0.260 e. The molecule has 0 aliphatic carbocycles. The molecule has 1 heterocycles. The number of para-hydroxylation sites is 1. The Morgan fingerprint density at radius 1 is 1.05 bits per heavy atom. The molecule has 1 aliphatic rings. The van der Waals surface area contributed by atoms with Crippen molar-refractivity contribution in [3.05, 3.63) is 95.6 Å². The van der Waals surface area contributed by atoms with Gasteiger partial charge in [-0.15, -0.1) is 0 Å². The highest BCUT2D eigenvalue weighted by Crippen LogP contribution is 2.24. The molecule has 3 aromatic carbocycles. The van der Waals surface area contributed by atoms with Gasteiger partial charge in [0.15, 0.2) is 6.73 Å². The van der Waals surface area contributed by atoms with Gasteiger partial charge >= 0.3 is 0 Å². The van der Waals surface area contributed by atoms with Crippen LogP contribution in [0.15, 0.2) is 78.9 Å². The molecule has 4 rings (SSSR count). The zero-order valence-corrected chi connectivity index (χ0v) is 21.8. The Morgan fingerprint density at radius 3 is 2.47 bits per heavy atom. The van der Waals surface area contributed by atoms with Gasteiger partial charge in [0.05, 0.1) is 24.8 Å². The molecule has 0 spiro atoms. The van der Waals surface area contributed by atoms with Crippen molar-refractivity contribution in [2.75, 3.05) is 40.1 Å². The highest BCUT2D eigenvalue weighted by atomic mass is 16.5. The van der Waals surface area contributed by atoms with Crippen LogP contribution in [0.3, 0.4) is 0 Å². The maximum atomic E-state index is 13.3. The molecule has 2 amide bonds. The van der Waals surface area contributed by atoms with Crippen molar-refractivity contribution in [2.45, 2.75) is 25.5 Å². The summed E-state index contributed by atoms with van der Waals surface area (Å²) in [6, 6.07) is 23.7. The van der Waals surface area contributed by atoms with Crippen LogP contribution in [0.1, 0.15) is 34.5 Å². The number of aliphatic hydroxyl groups excluding tert-OH is 1. The number of hydrogen-bond acceptors (Lipinski definition) is 6. The first-order valence-corrected chi connectivity index (χ1v) is 12.8. The van der Waals surface area contributed by atoms with E-state index in [9.17, 15) is 14.7 Å². The number of carbonyl (C=O) groups excluding carboxylic acids is 2. The van der Waals surface area contributed by atoms with Gasteiger partial charge in [-0.2, -0.15) is 0 Å². The molecule has 0 saturated heterocycles. The maximum absolute atomic E-state index is 13.3. The molecule has 1 N–H and O–H groups in total. The van der Waals surface area contributed by atoms with Crippen LogP contribution in [0.5, 0.6) is 11.5 Å². The minimum atomic E-state index is -0.678. The van der Waals surface area contributed by atoms with E-state index < -0.39 is 12.1 Å². The summed E-state index contributed by atoms with van der Waals surface area (Å²) >= 11 is 0. The predicted octanol–water partition coefficient (Wildman–Crippen LogP) is 3.70. The van der Waals surface area contributed by atoms with Crippen molar-refractivity contribution >= 4 is 11.8 Å². The summed E-state index contributed by atoms with van der Waals surface area (Å²) in [5.41, 5.74) is 2.35. The SMILES string of the molecule is CCO[C@H](Cc1ccc(OCCN2COc3ccccc3C2=O)cc1)C(=O)N(C)[C@@H](CO)c1ccccc1. The van der Waals surface area contributed by atoms with E-state index in [-0.39, 0.29) is 25.2 Å². The minimum absolute atomic E-state index is 0.0712. The average molecular weight is 519 g/mol. The molecule has 0 bridgehead atoms. The topological polar surface area (TPSA) is 88.5 Å². The van der Waals surface area contributed by atoms with Gasteiger partial charge in [-0.1, -0.05) is 54.6 Å². The third-order valence-electron chi connectivity index (χ3n) is 6.57. The standard InChI is InChI=1S/C30H34N2O6/c1-3-36-28(30(35)31(2)26(20-33)23-9-5-4-6-10-23)19-22-13-15-24(16-14-22)37-18-17-32-21-38-27-12-8-7-11-25(27)29(32)34/h4-16,26,28,33H,3,17-21H2,1-2H3/t26-,28+/m0/s1. The number of fused-ring (bicyclic) bond motifs is 1. The molecule has 0 fully saturated rings. The van der Waals surface area contributed by atoms with E-state index in [1.807, 2.05) is 73.7 Å². The van der Waals surface area contributed by atoms with Gasteiger partial charge in [-0.3, -0.25) is 9.59 Å². The Bertz CT molecular complexity index is 1200. The molecule has 8 nitrogen and oxygen atoms in total. The lowest BCUT2D eigenvalue weighted by Gasteiger charge is -2.30. The number of benzene rings is 3. The van der Waals surface area contributed by atoms with Crippen LogP contribution in [0.2, 0.25) is 0 Å². The van der Waals surface area contributed by atoms with Gasteiger partial charge < -0.3 is 29.1 Å². The third-order valence-corrected chi connectivity index (χ3v) is 6.57. The van der Waals surface area contributed by atoms with Crippen LogP contribution in [-0.2, 0) is 16.0 Å². The molecular weight excluding hydrogens is 484 g/mol. The summed E-state index contributed by atoms with van der Waals surface area (Å²) in [4.78, 5) is 29.1. The molecule has 0 unspecified atom stereocenters. The summed E-state index contributed by atoms with van der Waals surface area (Å²) in [6.07, 6.45) is -0.286. The lowest BCUT2D eigenvalue weighted by Crippen LogP contribution is -2.42. The van der Waals surface area contributed by atoms with Crippen molar-refractivity contribution < 1.29 is 28.9 Å². The van der Waals surface area contributed by atoms with Crippen LogP contribution >= 0.6 is 0 Å². The van der Waals surface area contributed by atoms with Crippen molar-refractivity contribution in [3.8, 4) is 11.5 Å². The zero-order chi connectivity index (χ0) is 26.9. The number of amides is 2. The van der Waals surface area contributed by atoms with Gasteiger partial charge in [-0.05, 0) is 42.3 Å². The molecule has 3 aromatic rings. The van der Waals surface area contributed by atoms with Gasteiger partial charge in [0.1, 0.15) is 24.2 Å². The first-order chi connectivity index (χ1) is 18.5. The highest BCUT2D eigenvalue weighted by molar-refractivity contribution is 5.97. The summed E-state index contributed by atoms with van der Waals surface area (Å²) in [6.45, 7) is 2.98. The van der Waals surface area contributed by atoms with Crippen LogP contribution in [0.25, 0.3) is 0 Å². The highest BCUT2D eigenvalue weighted by Gasteiger charge is 2.28. The van der Waals surface area contributed by atoms with Gasteiger partial charge in [0, 0.05) is 20.1 Å². The fourth-order valence-electron chi connectivity index (χ4n) is 4.45. The Balaban J connectivity index is 1.31. The second-order valence-corrected chi connectivity index (χ2v) is 9.04. The number of rotatable bonds is 12. The van der Waals surface area contributed by atoms with Crippen molar-refractivity contribution in [1.82, 2.24) is 9.80 Å². The molecule has 2 atom stereocenters. The summed E-state index contributed by atoms with van der Waals surface area (Å²) in [7, 11) is 1.69. The molecular formula is C30H34N2O6. The summed E-state index contributed by atoms with van der Waals surface area (Å²) in [5, 5.41) is 9.97. The van der Waals surface area contributed by atoms with E-state index in [1.54, 1.807) is 29.0 Å². The lowest BCUT2D eigenvalue weighted by molar-refractivity contribution is -0.145. The van der Waals surface area contributed by atoms with E-state index in [4.69, 9.17) is 14.2 Å². The van der Waals surface area contributed by atoms with Gasteiger partial charge in [0.25, 0.3) is 11.8 Å². The number of ether oxygens (including phenoxy) is 3. The normalized spacial score (nSPS) is 14.3. The van der Waals surface area contributed by atoms with Crippen LogP contribution in [0, 0.1) is 0 Å². The van der Waals surface area contributed by atoms with E-state index in [2.05, 4.69) is 0 Å². The van der Waals surface area contributed by atoms with Gasteiger partial charge in [0.2, 0.25) is 0 Å². The largest absolute Gasteiger partial charge is 0.492 e. The van der Waals surface area contributed by atoms with E-state index in [0.717, 1.165) is 11.1 Å². The Kier molecular flexibility index (Phi) is 9.35. The van der Waals surface area contributed by atoms with Crippen LogP contribution in [0.4, 0.5) is 0 Å². The molecule has 8 heteroatoms. The molecule has 0 aromatic heterocycles. The van der Waals surface area contributed by atoms with Crippen molar-refractivity contribution in [3.63, 3.8) is 0 Å². The number of carbonyl (C=O) groups is 2. The first kappa shape index (κ1) is 27.2. The van der Waals surface area contributed by atoms with E-state index >= 15 is 0 Å². The number of likely N-dealkylation sites (N-methyl/N-ethyl adjacent to an activating group) is 1. The second-order valence-electron chi connectivity index (χ2n) is 9.04. The zero-order valence-electron chi connectivity index (χ0n) is 21.8. The van der Waals surface area contributed by atoms with Gasteiger partial charge in [-0.25, -0.2) is 0 Å². The van der Waals surface area contributed by atoms with Crippen molar-refractivity contribution in [1.29, 1.82) is 0 Å². The Morgan fingerprint density at radius 2 is 1.76 bits per heavy atom. The molecule has 1 aliphatic heterocycles. The van der Waals surface area contributed by atoms with E-state index in [1.165, 1.54) is 0 Å². The second kappa shape index (κ2) is 13.1. The third kappa shape index (κ3) is 6.51. The fourth-order valence-corrected chi connectivity index (χ4v) is 4.45. The fraction of sp³-hybridized carbons (Fsp3) is 0.333. The lowest BCUT2D eigenvalue weighted by atomic mass is 10.0. The maximum Gasteiger partial charge on any atom is 0.260 e. The van der Waals surface area contributed by atoms with Crippen molar-refractivity contribution in [2.24, 2.45) is 0 Å². The Hall–Kier alpha value is -3.88. The molecule has 0 radical (unpaired) electrons. The summed E-state index contributed by atoms with van der Waals surface area (Å²) < 4.78 is 17.3. The molecule has 38 heavy (non-hydrogen) atoms. The average Bonchev–Trinajstić information content (AvgIpc) is 2.95. The van der Waals surface area contributed by atoms with Crippen LogP contribution < -0.4 is 9.47 Å². The minimum Gasteiger partial charge on any atom is -0.492 e. The van der Waals surface area contributed by atoms with Crippen LogP contribution in [-0.4, -0.2) is 73.0 Å². The summed E-state index contributed by atoms with van der Waals surface area (Å²) in [5.74, 6) is 1.01. The molecule has 200 valence electrons.